The highest BCUT2D eigenvalue weighted by Crippen LogP contribution is 2.26. The monoisotopic (exact) mass is 221 g/mol. The van der Waals surface area contributed by atoms with Crippen LogP contribution in [0.5, 0.6) is 5.75 Å². The Kier molecular flexibility index (Phi) is 3.34. The summed E-state index contributed by atoms with van der Waals surface area (Å²) in [6.45, 7) is 5.58. The first-order chi connectivity index (χ1) is 7.66. The zero-order chi connectivity index (χ0) is 11.5. The van der Waals surface area contributed by atoms with E-state index in [-0.39, 0.29) is 6.10 Å². The van der Waals surface area contributed by atoms with E-state index in [4.69, 9.17) is 15.2 Å². The molecule has 1 aliphatic rings. The molecule has 0 saturated carbocycles. The quantitative estimate of drug-likeness (QED) is 0.780. The first-order valence-corrected chi connectivity index (χ1v) is 5.78. The molecule has 1 aromatic carbocycles. The number of hydrogen-bond donors (Lipinski definition) is 1. The maximum atomic E-state index is 5.94. The molecule has 1 fully saturated rings. The van der Waals surface area contributed by atoms with Gasteiger partial charge in [-0.1, -0.05) is 0 Å². The van der Waals surface area contributed by atoms with Gasteiger partial charge in [-0.3, -0.25) is 0 Å². The van der Waals surface area contributed by atoms with Gasteiger partial charge in [-0.15, -0.1) is 0 Å². The molecule has 0 bridgehead atoms. The van der Waals surface area contributed by atoms with Crippen molar-refractivity contribution in [3.63, 3.8) is 0 Å². The Morgan fingerprint density at radius 2 is 2.12 bits per heavy atom. The lowest BCUT2D eigenvalue weighted by Gasteiger charge is -2.24. The second-order valence-electron chi connectivity index (χ2n) is 4.43. The van der Waals surface area contributed by atoms with Gasteiger partial charge in [0.25, 0.3) is 0 Å². The summed E-state index contributed by atoms with van der Waals surface area (Å²) in [7, 11) is 0. The summed E-state index contributed by atoms with van der Waals surface area (Å²) in [5.74, 6) is 0.933. The Balaban J connectivity index is 2.11. The van der Waals surface area contributed by atoms with Crippen molar-refractivity contribution < 1.29 is 9.47 Å². The van der Waals surface area contributed by atoms with Crippen LogP contribution in [0.15, 0.2) is 12.1 Å². The normalized spacial score (nSPS) is 20.8. The fraction of sp³-hybridized carbons (Fsp3) is 0.538. The number of nitrogen functional groups attached to an aromatic ring is 1. The summed E-state index contributed by atoms with van der Waals surface area (Å²) >= 11 is 0. The standard InChI is InChI=1S/C13H19NO2/c1-9-7-13(10(2)6-12(9)14)16-11-4-3-5-15-8-11/h6-7,11H,3-5,8,14H2,1-2H3. The minimum Gasteiger partial charge on any atom is -0.488 e. The summed E-state index contributed by atoms with van der Waals surface area (Å²) in [6, 6.07) is 3.98. The average Bonchev–Trinajstić information content (AvgIpc) is 2.27. The zero-order valence-corrected chi connectivity index (χ0v) is 9.95. The Labute approximate surface area is 96.5 Å². The molecule has 1 saturated heterocycles. The molecule has 1 aromatic rings. The van der Waals surface area contributed by atoms with E-state index in [1.165, 1.54) is 0 Å². The zero-order valence-electron chi connectivity index (χ0n) is 9.95. The number of hydrogen-bond acceptors (Lipinski definition) is 3. The fourth-order valence-electron chi connectivity index (χ4n) is 1.92. The third kappa shape index (κ3) is 2.47. The Hall–Kier alpha value is -1.22. The van der Waals surface area contributed by atoms with Gasteiger partial charge < -0.3 is 15.2 Å². The van der Waals surface area contributed by atoms with Gasteiger partial charge in [0.05, 0.1) is 6.61 Å². The third-order valence-corrected chi connectivity index (χ3v) is 2.98. The van der Waals surface area contributed by atoms with Crippen LogP contribution < -0.4 is 10.5 Å². The van der Waals surface area contributed by atoms with Gasteiger partial charge in [0.2, 0.25) is 0 Å². The van der Waals surface area contributed by atoms with Crippen molar-refractivity contribution in [2.24, 2.45) is 0 Å². The van der Waals surface area contributed by atoms with Crippen LogP contribution in [0.25, 0.3) is 0 Å². The van der Waals surface area contributed by atoms with Crippen molar-refractivity contribution in [3.8, 4) is 5.75 Å². The van der Waals surface area contributed by atoms with Crippen LogP contribution in [0.4, 0.5) is 5.69 Å². The van der Waals surface area contributed by atoms with Gasteiger partial charge in [0.1, 0.15) is 11.9 Å². The van der Waals surface area contributed by atoms with E-state index in [2.05, 4.69) is 0 Å². The molecule has 1 atom stereocenters. The largest absolute Gasteiger partial charge is 0.488 e. The lowest BCUT2D eigenvalue weighted by atomic mass is 10.1. The second kappa shape index (κ2) is 4.74. The van der Waals surface area contributed by atoms with E-state index < -0.39 is 0 Å². The molecule has 16 heavy (non-hydrogen) atoms. The molecular weight excluding hydrogens is 202 g/mol. The first-order valence-electron chi connectivity index (χ1n) is 5.78. The van der Waals surface area contributed by atoms with E-state index in [1.54, 1.807) is 0 Å². The molecule has 3 nitrogen and oxygen atoms in total. The van der Waals surface area contributed by atoms with Crippen LogP contribution in [-0.2, 0) is 4.74 Å². The summed E-state index contributed by atoms with van der Waals surface area (Å²) in [6.07, 6.45) is 2.34. The van der Waals surface area contributed by atoms with E-state index in [1.807, 2.05) is 26.0 Å². The molecule has 2 N–H and O–H groups in total. The van der Waals surface area contributed by atoms with Crippen molar-refractivity contribution in [1.82, 2.24) is 0 Å². The molecule has 3 heteroatoms. The highest BCUT2D eigenvalue weighted by Gasteiger charge is 2.16. The summed E-state index contributed by atoms with van der Waals surface area (Å²) < 4.78 is 11.3. The van der Waals surface area contributed by atoms with Crippen molar-refractivity contribution in [2.45, 2.75) is 32.8 Å². The Morgan fingerprint density at radius 3 is 2.81 bits per heavy atom. The number of nitrogens with two attached hydrogens (primary N) is 1. The van der Waals surface area contributed by atoms with Crippen LogP contribution in [0.1, 0.15) is 24.0 Å². The molecule has 2 rings (SSSR count). The first kappa shape index (κ1) is 11.3. The minimum atomic E-state index is 0.190. The van der Waals surface area contributed by atoms with Crippen molar-refractivity contribution in [3.05, 3.63) is 23.3 Å². The van der Waals surface area contributed by atoms with E-state index in [0.29, 0.717) is 6.61 Å². The number of aryl methyl sites for hydroxylation is 2. The molecule has 88 valence electrons. The molecular formula is C13H19NO2. The highest BCUT2D eigenvalue weighted by molar-refractivity contribution is 5.53. The number of anilines is 1. The van der Waals surface area contributed by atoms with Gasteiger partial charge in [-0.25, -0.2) is 0 Å². The summed E-state index contributed by atoms with van der Waals surface area (Å²) in [4.78, 5) is 0. The van der Waals surface area contributed by atoms with E-state index in [9.17, 15) is 0 Å². The molecule has 0 amide bonds. The molecule has 0 aliphatic carbocycles. The SMILES string of the molecule is Cc1cc(OC2CCCOC2)c(C)cc1N. The maximum Gasteiger partial charge on any atom is 0.123 e. The lowest BCUT2D eigenvalue weighted by molar-refractivity contribution is 0.00714. The van der Waals surface area contributed by atoms with E-state index >= 15 is 0 Å². The summed E-state index contributed by atoms with van der Waals surface area (Å²) in [5.41, 5.74) is 8.82. The molecule has 1 aliphatic heterocycles. The van der Waals surface area contributed by atoms with Crippen molar-refractivity contribution in [2.75, 3.05) is 18.9 Å². The molecule has 1 heterocycles. The van der Waals surface area contributed by atoms with Gasteiger partial charge in [0.15, 0.2) is 0 Å². The van der Waals surface area contributed by atoms with Crippen molar-refractivity contribution >= 4 is 5.69 Å². The Bertz CT molecular complexity index is 370. The van der Waals surface area contributed by atoms with Gasteiger partial charge in [0, 0.05) is 12.3 Å². The predicted octanol–water partition coefficient (Wildman–Crippen LogP) is 2.44. The number of rotatable bonds is 2. The molecule has 0 radical (unpaired) electrons. The molecule has 0 aromatic heterocycles. The molecule has 1 unspecified atom stereocenters. The van der Waals surface area contributed by atoms with E-state index in [0.717, 1.165) is 42.0 Å². The van der Waals surface area contributed by atoms with Gasteiger partial charge >= 0.3 is 0 Å². The van der Waals surface area contributed by atoms with Crippen LogP contribution >= 0.6 is 0 Å². The fourth-order valence-corrected chi connectivity index (χ4v) is 1.92. The van der Waals surface area contributed by atoms with Crippen LogP contribution in [0.2, 0.25) is 0 Å². The topological polar surface area (TPSA) is 44.5 Å². The number of ether oxygens (including phenoxy) is 2. The van der Waals surface area contributed by atoms with Crippen LogP contribution in [-0.4, -0.2) is 19.3 Å². The highest BCUT2D eigenvalue weighted by atomic mass is 16.5. The van der Waals surface area contributed by atoms with Gasteiger partial charge in [-0.2, -0.15) is 0 Å². The van der Waals surface area contributed by atoms with Crippen LogP contribution in [0.3, 0.4) is 0 Å². The third-order valence-electron chi connectivity index (χ3n) is 2.98. The number of benzene rings is 1. The summed E-state index contributed by atoms with van der Waals surface area (Å²) in [5, 5.41) is 0. The Morgan fingerprint density at radius 1 is 1.31 bits per heavy atom. The van der Waals surface area contributed by atoms with Crippen molar-refractivity contribution in [1.29, 1.82) is 0 Å². The maximum absolute atomic E-state index is 5.94. The average molecular weight is 221 g/mol. The molecule has 0 spiro atoms. The van der Waals surface area contributed by atoms with Gasteiger partial charge in [-0.05, 0) is 49.9 Å². The predicted molar refractivity (Wildman–Crippen MR) is 64.8 cm³/mol. The van der Waals surface area contributed by atoms with Crippen LogP contribution in [0, 0.1) is 13.8 Å². The minimum absolute atomic E-state index is 0.190. The lowest BCUT2D eigenvalue weighted by Crippen LogP contribution is -2.28. The smallest absolute Gasteiger partial charge is 0.123 e. The second-order valence-corrected chi connectivity index (χ2v) is 4.43.